The number of hydrogen-bond acceptors (Lipinski definition) is 3. The topological polar surface area (TPSA) is 30.5 Å². The first kappa shape index (κ1) is 16.3. The Morgan fingerprint density at radius 1 is 1.24 bits per heavy atom. The summed E-state index contributed by atoms with van der Waals surface area (Å²) >= 11 is 0. The fourth-order valence-electron chi connectivity index (χ4n) is 3.06. The van der Waals surface area contributed by atoms with E-state index in [0.29, 0.717) is 6.10 Å². The van der Waals surface area contributed by atoms with Crippen LogP contribution in [0.15, 0.2) is 24.3 Å². The third-order valence-electron chi connectivity index (χ3n) is 4.38. The fraction of sp³-hybridized carbons (Fsp3) is 0.667. The van der Waals surface area contributed by atoms with Gasteiger partial charge in [0.1, 0.15) is 5.75 Å². The average molecular weight is 291 g/mol. The molecule has 0 saturated heterocycles. The van der Waals surface area contributed by atoms with Crippen LogP contribution in [0.1, 0.15) is 44.6 Å². The van der Waals surface area contributed by atoms with E-state index in [1.807, 2.05) is 0 Å². The predicted molar refractivity (Wildman–Crippen MR) is 86.7 cm³/mol. The molecule has 0 amide bonds. The molecule has 0 aliphatic heterocycles. The SMILES string of the molecule is CCC1CCCC(Oc2ccccc2CNCCOC)C1. The van der Waals surface area contributed by atoms with Gasteiger partial charge in [-0.15, -0.1) is 0 Å². The molecule has 1 aromatic rings. The summed E-state index contributed by atoms with van der Waals surface area (Å²) in [5, 5.41) is 3.40. The van der Waals surface area contributed by atoms with E-state index in [1.54, 1.807) is 7.11 Å². The molecule has 0 aromatic heterocycles. The van der Waals surface area contributed by atoms with Crippen LogP contribution < -0.4 is 10.1 Å². The van der Waals surface area contributed by atoms with Crippen molar-refractivity contribution in [3.63, 3.8) is 0 Å². The van der Waals surface area contributed by atoms with Crippen LogP contribution in [0.2, 0.25) is 0 Å². The molecule has 0 heterocycles. The second-order valence-corrected chi connectivity index (χ2v) is 5.96. The lowest BCUT2D eigenvalue weighted by Gasteiger charge is -2.29. The number of nitrogens with one attached hydrogen (secondary N) is 1. The number of rotatable bonds is 8. The summed E-state index contributed by atoms with van der Waals surface area (Å²) in [7, 11) is 1.73. The van der Waals surface area contributed by atoms with Crippen LogP contribution in [0.25, 0.3) is 0 Å². The fourth-order valence-corrected chi connectivity index (χ4v) is 3.06. The molecule has 1 N–H and O–H groups in total. The van der Waals surface area contributed by atoms with Crippen LogP contribution in [-0.4, -0.2) is 26.4 Å². The van der Waals surface area contributed by atoms with Gasteiger partial charge in [-0.2, -0.15) is 0 Å². The van der Waals surface area contributed by atoms with Crippen molar-refractivity contribution >= 4 is 0 Å². The van der Waals surface area contributed by atoms with Gasteiger partial charge in [0.2, 0.25) is 0 Å². The quantitative estimate of drug-likeness (QED) is 0.740. The van der Waals surface area contributed by atoms with Crippen molar-refractivity contribution in [2.45, 2.75) is 51.7 Å². The van der Waals surface area contributed by atoms with E-state index < -0.39 is 0 Å². The smallest absolute Gasteiger partial charge is 0.124 e. The number of hydrogen-bond donors (Lipinski definition) is 1. The van der Waals surface area contributed by atoms with E-state index in [2.05, 4.69) is 36.5 Å². The van der Waals surface area contributed by atoms with Crippen molar-refractivity contribution in [1.82, 2.24) is 5.32 Å². The molecule has 1 fully saturated rings. The van der Waals surface area contributed by atoms with Gasteiger partial charge in [-0.3, -0.25) is 0 Å². The average Bonchev–Trinajstić information content (AvgIpc) is 2.53. The first-order chi connectivity index (χ1) is 10.3. The first-order valence-corrected chi connectivity index (χ1v) is 8.27. The third kappa shape index (κ3) is 5.33. The Morgan fingerprint density at radius 3 is 2.90 bits per heavy atom. The van der Waals surface area contributed by atoms with Crippen molar-refractivity contribution in [1.29, 1.82) is 0 Å². The van der Waals surface area contributed by atoms with Crippen LogP contribution in [0.5, 0.6) is 5.75 Å². The van der Waals surface area contributed by atoms with Gasteiger partial charge < -0.3 is 14.8 Å². The van der Waals surface area contributed by atoms with Gasteiger partial charge >= 0.3 is 0 Å². The molecular formula is C18H29NO2. The number of methoxy groups -OCH3 is 1. The maximum atomic E-state index is 6.30. The summed E-state index contributed by atoms with van der Waals surface area (Å²) in [4.78, 5) is 0. The molecule has 2 rings (SSSR count). The zero-order chi connectivity index (χ0) is 14.9. The molecule has 1 aromatic carbocycles. The van der Waals surface area contributed by atoms with Crippen molar-refractivity contribution in [2.24, 2.45) is 5.92 Å². The highest BCUT2D eigenvalue weighted by atomic mass is 16.5. The first-order valence-electron chi connectivity index (χ1n) is 8.27. The van der Waals surface area contributed by atoms with Crippen LogP contribution in [-0.2, 0) is 11.3 Å². The molecule has 21 heavy (non-hydrogen) atoms. The van der Waals surface area contributed by atoms with Gasteiger partial charge in [0.15, 0.2) is 0 Å². The standard InChI is InChI=1S/C18H29NO2/c1-3-15-7-6-9-17(13-15)21-18-10-5-4-8-16(18)14-19-11-12-20-2/h4-5,8,10,15,17,19H,3,6-7,9,11-14H2,1-2H3. The highest BCUT2D eigenvalue weighted by Gasteiger charge is 2.22. The summed E-state index contributed by atoms with van der Waals surface area (Å²) in [6.45, 7) is 4.74. The minimum absolute atomic E-state index is 0.392. The third-order valence-corrected chi connectivity index (χ3v) is 4.38. The zero-order valence-corrected chi connectivity index (χ0v) is 13.4. The Kier molecular flexibility index (Phi) is 7.04. The molecule has 0 radical (unpaired) electrons. The van der Waals surface area contributed by atoms with Crippen LogP contribution in [0.3, 0.4) is 0 Å². The van der Waals surface area contributed by atoms with Crippen molar-refractivity contribution in [3.05, 3.63) is 29.8 Å². The van der Waals surface area contributed by atoms with E-state index in [4.69, 9.17) is 9.47 Å². The van der Waals surface area contributed by atoms with Gasteiger partial charge in [-0.1, -0.05) is 38.0 Å². The van der Waals surface area contributed by atoms with Crippen molar-refractivity contribution < 1.29 is 9.47 Å². The Bertz CT molecular complexity index is 408. The van der Waals surface area contributed by atoms with Crippen molar-refractivity contribution in [2.75, 3.05) is 20.3 Å². The summed E-state index contributed by atoms with van der Waals surface area (Å²) < 4.78 is 11.4. The van der Waals surface area contributed by atoms with Crippen LogP contribution >= 0.6 is 0 Å². The minimum Gasteiger partial charge on any atom is -0.490 e. The molecule has 3 nitrogen and oxygen atoms in total. The van der Waals surface area contributed by atoms with E-state index in [1.165, 1.54) is 37.7 Å². The van der Waals surface area contributed by atoms with Crippen LogP contribution in [0.4, 0.5) is 0 Å². The normalized spacial score (nSPS) is 22.2. The summed E-state index contributed by atoms with van der Waals surface area (Å²) in [6, 6.07) is 8.39. The summed E-state index contributed by atoms with van der Waals surface area (Å²) in [5.41, 5.74) is 1.24. The molecule has 0 bridgehead atoms. The Labute approximate surface area is 129 Å². The highest BCUT2D eigenvalue weighted by Crippen LogP contribution is 2.30. The molecule has 0 spiro atoms. The van der Waals surface area contributed by atoms with E-state index >= 15 is 0 Å². The summed E-state index contributed by atoms with van der Waals surface area (Å²) in [6.07, 6.45) is 6.75. The lowest BCUT2D eigenvalue weighted by Crippen LogP contribution is -2.26. The lowest BCUT2D eigenvalue weighted by molar-refractivity contribution is 0.120. The van der Waals surface area contributed by atoms with Gasteiger partial charge in [0, 0.05) is 25.8 Å². The second kappa shape index (κ2) is 9.06. The molecular weight excluding hydrogens is 262 g/mol. The molecule has 2 atom stereocenters. The molecule has 1 aliphatic carbocycles. The van der Waals surface area contributed by atoms with E-state index in [9.17, 15) is 0 Å². The Balaban J connectivity index is 1.89. The second-order valence-electron chi connectivity index (χ2n) is 5.96. The number of benzene rings is 1. The maximum Gasteiger partial charge on any atom is 0.124 e. The molecule has 1 aliphatic rings. The zero-order valence-electron chi connectivity index (χ0n) is 13.4. The van der Waals surface area contributed by atoms with Gasteiger partial charge in [-0.25, -0.2) is 0 Å². The largest absolute Gasteiger partial charge is 0.490 e. The van der Waals surface area contributed by atoms with Crippen LogP contribution in [0, 0.1) is 5.92 Å². The predicted octanol–water partition coefficient (Wildman–Crippen LogP) is 3.77. The number of para-hydroxylation sites is 1. The number of ether oxygens (including phenoxy) is 2. The monoisotopic (exact) mass is 291 g/mol. The van der Waals surface area contributed by atoms with Gasteiger partial charge in [0.25, 0.3) is 0 Å². The summed E-state index contributed by atoms with van der Waals surface area (Å²) in [5.74, 6) is 1.89. The van der Waals surface area contributed by atoms with Crippen molar-refractivity contribution in [3.8, 4) is 5.75 Å². The Morgan fingerprint density at radius 2 is 2.10 bits per heavy atom. The lowest BCUT2D eigenvalue weighted by atomic mass is 9.85. The van der Waals surface area contributed by atoms with Gasteiger partial charge in [0.05, 0.1) is 12.7 Å². The maximum absolute atomic E-state index is 6.30. The molecule has 1 saturated carbocycles. The highest BCUT2D eigenvalue weighted by molar-refractivity contribution is 5.33. The van der Waals surface area contributed by atoms with E-state index in [-0.39, 0.29) is 0 Å². The minimum atomic E-state index is 0.392. The molecule has 3 heteroatoms. The van der Waals surface area contributed by atoms with E-state index in [0.717, 1.165) is 31.4 Å². The molecule has 118 valence electrons. The van der Waals surface area contributed by atoms with Gasteiger partial charge in [-0.05, 0) is 31.2 Å². The molecule has 2 unspecified atom stereocenters. The Hall–Kier alpha value is -1.06.